The molecule has 0 radical (unpaired) electrons. The molecule has 0 spiro atoms. The number of rotatable bonds is 6. The normalized spacial score (nSPS) is 14.6. The number of ether oxygens (including phenoxy) is 3. The van der Waals surface area contributed by atoms with Crippen LogP contribution in [0.5, 0.6) is 23.0 Å². The van der Waals surface area contributed by atoms with Gasteiger partial charge in [-0.3, -0.25) is 10.4 Å². The number of nitrogens with one attached hydrogen (secondary N) is 2. The van der Waals surface area contributed by atoms with E-state index in [1.54, 1.807) is 39.5 Å². The molecule has 7 nitrogen and oxygen atoms in total. The van der Waals surface area contributed by atoms with Crippen molar-refractivity contribution >= 4 is 39.5 Å². The van der Waals surface area contributed by atoms with E-state index in [0.717, 1.165) is 33.5 Å². The van der Waals surface area contributed by atoms with E-state index in [9.17, 15) is 5.11 Å². The van der Waals surface area contributed by atoms with Gasteiger partial charge in [-0.05, 0) is 77.8 Å². The number of hydrogen-bond donors (Lipinski definition) is 3. The van der Waals surface area contributed by atoms with Gasteiger partial charge in [-0.1, -0.05) is 30.3 Å². The van der Waals surface area contributed by atoms with Gasteiger partial charge in [-0.25, -0.2) is 0 Å². The molecule has 4 aromatic rings. The maximum Gasteiger partial charge on any atom is 0.193 e. The van der Waals surface area contributed by atoms with Gasteiger partial charge in [0.05, 0.1) is 33.1 Å². The standard InChI is InChI=1S/C29H27N3O4S/c1-34-19-10-8-18(9-11-19)30-29(37)32-26(17-25(31-32)24-16-20(35-2)12-14-27(24)33)22-13-15-28(36-3)23-7-5-4-6-21(22)23/h4-17,26,31,33H,1-3H3,(H,30,37). The largest absolute Gasteiger partial charge is 0.507 e. The number of aromatic hydroxyl groups is 1. The highest BCUT2D eigenvalue weighted by molar-refractivity contribution is 7.80. The Labute approximate surface area is 220 Å². The molecular weight excluding hydrogens is 486 g/mol. The van der Waals surface area contributed by atoms with E-state index in [-0.39, 0.29) is 11.8 Å². The fourth-order valence-corrected chi connectivity index (χ4v) is 4.75. The maximum atomic E-state index is 10.7. The fourth-order valence-electron chi connectivity index (χ4n) is 4.47. The zero-order chi connectivity index (χ0) is 25.9. The molecule has 0 fully saturated rings. The Hall–Kier alpha value is -4.43. The molecule has 1 aliphatic heterocycles. The third kappa shape index (κ3) is 4.71. The van der Waals surface area contributed by atoms with Crippen molar-refractivity contribution in [1.82, 2.24) is 10.4 Å². The van der Waals surface area contributed by atoms with Crippen LogP contribution in [-0.2, 0) is 0 Å². The van der Waals surface area contributed by atoms with Crippen molar-refractivity contribution in [3.8, 4) is 23.0 Å². The van der Waals surface area contributed by atoms with Crippen LogP contribution >= 0.6 is 12.2 Å². The number of anilines is 1. The summed E-state index contributed by atoms with van der Waals surface area (Å²) >= 11 is 5.87. The van der Waals surface area contributed by atoms with Gasteiger partial charge in [0.1, 0.15) is 23.0 Å². The summed E-state index contributed by atoms with van der Waals surface area (Å²) in [6.07, 6.45) is 2.05. The molecule has 3 N–H and O–H groups in total. The zero-order valence-corrected chi connectivity index (χ0v) is 21.5. The van der Waals surface area contributed by atoms with Gasteiger partial charge < -0.3 is 24.6 Å². The van der Waals surface area contributed by atoms with Crippen LogP contribution in [0.4, 0.5) is 5.69 Å². The minimum Gasteiger partial charge on any atom is -0.507 e. The van der Waals surface area contributed by atoms with Crippen molar-refractivity contribution < 1.29 is 19.3 Å². The highest BCUT2D eigenvalue weighted by atomic mass is 32.1. The molecule has 1 unspecified atom stereocenters. The van der Waals surface area contributed by atoms with Crippen LogP contribution in [0.3, 0.4) is 0 Å². The summed E-state index contributed by atoms with van der Waals surface area (Å²) in [5.74, 6) is 2.33. The summed E-state index contributed by atoms with van der Waals surface area (Å²) in [6.45, 7) is 0. The second kappa shape index (κ2) is 10.3. The van der Waals surface area contributed by atoms with Crippen LogP contribution in [0.25, 0.3) is 16.5 Å². The van der Waals surface area contributed by atoms with Crippen LogP contribution in [0.1, 0.15) is 17.2 Å². The number of phenolic OH excluding ortho intramolecular Hbond substituents is 1. The topological polar surface area (TPSA) is 75.2 Å². The Bertz CT molecular complexity index is 1490. The summed E-state index contributed by atoms with van der Waals surface area (Å²) < 4.78 is 16.3. The van der Waals surface area contributed by atoms with Crippen molar-refractivity contribution in [2.75, 3.05) is 26.6 Å². The molecule has 8 heteroatoms. The van der Waals surface area contributed by atoms with Crippen LogP contribution in [0, 0.1) is 0 Å². The summed E-state index contributed by atoms with van der Waals surface area (Å²) in [7, 11) is 4.90. The van der Waals surface area contributed by atoms with Gasteiger partial charge in [0.15, 0.2) is 5.11 Å². The first kappa shape index (κ1) is 24.3. The van der Waals surface area contributed by atoms with E-state index in [1.807, 2.05) is 65.7 Å². The summed E-state index contributed by atoms with van der Waals surface area (Å²) in [6, 6.07) is 24.5. The highest BCUT2D eigenvalue weighted by Crippen LogP contribution is 2.40. The first-order chi connectivity index (χ1) is 18.0. The fraction of sp³-hybridized carbons (Fsp3) is 0.138. The highest BCUT2D eigenvalue weighted by Gasteiger charge is 2.31. The number of benzene rings is 4. The first-order valence-electron chi connectivity index (χ1n) is 11.7. The molecule has 0 aromatic heterocycles. The number of hydrogen-bond acceptors (Lipinski definition) is 6. The lowest BCUT2D eigenvalue weighted by molar-refractivity contribution is 0.348. The lowest BCUT2D eigenvalue weighted by atomic mass is 9.97. The molecule has 0 bridgehead atoms. The first-order valence-corrected chi connectivity index (χ1v) is 12.1. The maximum absolute atomic E-state index is 10.7. The quantitative estimate of drug-likeness (QED) is 0.277. The lowest BCUT2D eigenvalue weighted by Crippen LogP contribution is -2.42. The van der Waals surface area contributed by atoms with Gasteiger partial charge in [-0.2, -0.15) is 0 Å². The second-order valence-corrected chi connectivity index (χ2v) is 8.84. The molecule has 0 amide bonds. The second-order valence-electron chi connectivity index (χ2n) is 8.45. The molecule has 1 atom stereocenters. The summed E-state index contributed by atoms with van der Waals surface area (Å²) in [5.41, 5.74) is 6.57. The van der Waals surface area contributed by atoms with Gasteiger partial charge in [-0.15, -0.1) is 0 Å². The van der Waals surface area contributed by atoms with E-state index >= 15 is 0 Å². The SMILES string of the molecule is COc1ccc(NC(=S)N2NC(c3cc(OC)ccc3O)=CC2c2ccc(OC)c3ccccc23)cc1. The van der Waals surface area contributed by atoms with Gasteiger partial charge >= 0.3 is 0 Å². The van der Waals surface area contributed by atoms with E-state index in [1.165, 1.54) is 0 Å². The minimum atomic E-state index is -0.283. The third-order valence-electron chi connectivity index (χ3n) is 6.35. The number of fused-ring (bicyclic) bond motifs is 1. The number of nitrogens with zero attached hydrogens (tertiary/aromatic N) is 1. The molecule has 0 aliphatic carbocycles. The van der Waals surface area contributed by atoms with Crippen molar-refractivity contribution in [3.63, 3.8) is 0 Å². The van der Waals surface area contributed by atoms with Crippen LogP contribution in [0.15, 0.2) is 84.9 Å². The number of phenols is 1. The predicted octanol–water partition coefficient (Wildman–Crippen LogP) is 5.87. The number of hydrazine groups is 1. The van der Waals surface area contributed by atoms with Crippen molar-refractivity contribution in [1.29, 1.82) is 0 Å². The minimum absolute atomic E-state index is 0.133. The van der Waals surface area contributed by atoms with Gasteiger partial charge in [0, 0.05) is 16.6 Å². The molecule has 4 aromatic carbocycles. The Kier molecular flexibility index (Phi) is 6.74. The molecule has 0 saturated heterocycles. The van der Waals surface area contributed by atoms with Crippen molar-refractivity contribution in [2.24, 2.45) is 0 Å². The zero-order valence-electron chi connectivity index (χ0n) is 20.7. The molecule has 0 saturated carbocycles. The van der Waals surface area contributed by atoms with Crippen LogP contribution < -0.4 is 25.0 Å². The third-order valence-corrected chi connectivity index (χ3v) is 6.65. The number of thiocarbonyl (C=S) groups is 1. The lowest BCUT2D eigenvalue weighted by Gasteiger charge is -2.29. The average Bonchev–Trinajstić information content (AvgIpc) is 3.38. The average molecular weight is 514 g/mol. The molecular formula is C29H27N3O4S. The van der Waals surface area contributed by atoms with E-state index < -0.39 is 0 Å². The summed E-state index contributed by atoms with van der Waals surface area (Å²) in [4.78, 5) is 0. The van der Waals surface area contributed by atoms with Crippen molar-refractivity contribution in [2.45, 2.75) is 6.04 Å². The smallest absolute Gasteiger partial charge is 0.193 e. The van der Waals surface area contributed by atoms with Crippen LogP contribution in [-0.4, -0.2) is 36.6 Å². The molecule has 37 heavy (non-hydrogen) atoms. The number of methoxy groups -OCH3 is 3. The van der Waals surface area contributed by atoms with E-state index in [0.29, 0.717) is 22.1 Å². The Morgan fingerprint density at radius 1 is 0.865 bits per heavy atom. The Morgan fingerprint density at radius 3 is 2.27 bits per heavy atom. The molecule has 188 valence electrons. The monoisotopic (exact) mass is 513 g/mol. The van der Waals surface area contributed by atoms with Gasteiger partial charge in [0.25, 0.3) is 0 Å². The van der Waals surface area contributed by atoms with E-state index in [2.05, 4.69) is 16.8 Å². The Morgan fingerprint density at radius 2 is 1.57 bits per heavy atom. The van der Waals surface area contributed by atoms with Gasteiger partial charge in [0.2, 0.25) is 0 Å². The molecule has 5 rings (SSSR count). The Balaban J connectivity index is 1.58. The van der Waals surface area contributed by atoms with Crippen molar-refractivity contribution in [3.05, 3.63) is 96.1 Å². The molecule has 1 heterocycles. The van der Waals surface area contributed by atoms with E-state index in [4.69, 9.17) is 26.4 Å². The molecule has 1 aliphatic rings. The summed E-state index contributed by atoms with van der Waals surface area (Å²) in [5, 5.41) is 18.4. The van der Waals surface area contributed by atoms with Crippen LogP contribution in [0.2, 0.25) is 0 Å². The predicted molar refractivity (Wildman–Crippen MR) is 150 cm³/mol.